The highest BCUT2D eigenvalue weighted by molar-refractivity contribution is 9.10. The SMILES string of the molecule is O=C(Nc1cc(Cl)ccc1Br)N[C@@H](CO)C(=O)O. The molecule has 18 heavy (non-hydrogen) atoms. The van der Waals surface area contributed by atoms with Crippen molar-refractivity contribution in [2.75, 3.05) is 11.9 Å². The number of carboxylic acid groups (broad SMARTS) is 1. The van der Waals surface area contributed by atoms with Crippen molar-refractivity contribution in [3.05, 3.63) is 27.7 Å². The number of hydrogen-bond donors (Lipinski definition) is 4. The average molecular weight is 338 g/mol. The predicted octanol–water partition coefficient (Wildman–Crippen LogP) is 1.67. The van der Waals surface area contributed by atoms with Gasteiger partial charge in [0.15, 0.2) is 6.04 Å². The van der Waals surface area contributed by atoms with E-state index in [1.54, 1.807) is 12.1 Å². The first-order valence-electron chi connectivity index (χ1n) is 4.80. The molecule has 0 aliphatic carbocycles. The first kappa shape index (κ1) is 14.7. The zero-order valence-electron chi connectivity index (χ0n) is 8.98. The number of anilines is 1. The number of carbonyl (C=O) groups is 2. The summed E-state index contributed by atoms with van der Waals surface area (Å²) < 4.78 is 0.595. The largest absolute Gasteiger partial charge is 0.480 e. The Morgan fingerprint density at radius 1 is 1.44 bits per heavy atom. The summed E-state index contributed by atoms with van der Waals surface area (Å²) in [7, 11) is 0. The monoisotopic (exact) mass is 336 g/mol. The van der Waals surface area contributed by atoms with Crippen LogP contribution in [-0.4, -0.2) is 34.9 Å². The summed E-state index contributed by atoms with van der Waals surface area (Å²) in [5.41, 5.74) is 0.391. The summed E-state index contributed by atoms with van der Waals surface area (Å²) in [4.78, 5) is 22.1. The molecule has 0 heterocycles. The van der Waals surface area contributed by atoms with Crippen LogP contribution in [0.4, 0.5) is 10.5 Å². The maximum absolute atomic E-state index is 11.5. The Morgan fingerprint density at radius 2 is 2.11 bits per heavy atom. The number of hydrogen-bond acceptors (Lipinski definition) is 3. The molecule has 8 heteroatoms. The zero-order chi connectivity index (χ0) is 13.7. The minimum Gasteiger partial charge on any atom is -0.480 e. The van der Waals surface area contributed by atoms with Crippen LogP contribution in [0.5, 0.6) is 0 Å². The Labute approximate surface area is 116 Å². The van der Waals surface area contributed by atoms with Gasteiger partial charge < -0.3 is 20.8 Å². The van der Waals surface area contributed by atoms with Crippen molar-refractivity contribution in [2.24, 2.45) is 0 Å². The lowest BCUT2D eigenvalue weighted by molar-refractivity contribution is -0.140. The highest BCUT2D eigenvalue weighted by atomic mass is 79.9. The van der Waals surface area contributed by atoms with Crippen LogP contribution < -0.4 is 10.6 Å². The molecular weight excluding hydrogens is 327 g/mol. The van der Waals surface area contributed by atoms with Gasteiger partial charge >= 0.3 is 12.0 Å². The standard InChI is InChI=1S/C10H10BrClN2O4/c11-6-2-1-5(12)3-7(6)13-10(18)14-8(4-15)9(16)17/h1-3,8,15H,4H2,(H,16,17)(H2,13,14,18)/t8-/m0/s1. The van der Waals surface area contributed by atoms with Gasteiger partial charge in [-0.25, -0.2) is 9.59 Å². The quantitative estimate of drug-likeness (QED) is 0.671. The maximum atomic E-state index is 11.5. The van der Waals surface area contributed by atoms with E-state index < -0.39 is 24.6 Å². The van der Waals surface area contributed by atoms with Crippen LogP contribution in [0.1, 0.15) is 0 Å². The third kappa shape index (κ3) is 4.17. The van der Waals surface area contributed by atoms with Crippen molar-refractivity contribution in [2.45, 2.75) is 6.04 Å². The number of carbonyl (C=O) groups excluding carboxylic acids is 1. The van der Waals surface area contributed by atoms with Crippen LogP contribution in [-0.2, 0) is 4.79 Å². The summed E-state index contributed by atoms with van der Waals surface area (Å²) in [5.74, 6) is -1.32. The first-order chi connectivity index (χ1) is 8.43. The molecule has 0 unspecified atom stereocenters. The minimum absolute atomic E-state index is 0.391. The van der Waals surface area contributed by atoms with E-state index in [2.05, 4.69) is 26.6 Å². The number of aliphatic carboxylic acids is 1. The molecular formula is C10H10BrClN2O4. The van der Waals surface area contributed by atoms with Crippen molar-refractivity contribution in [3.8, 4) is 0 Å². The molecule has 0 aliphatic heterocycles. The number of aliphatic hydroxyl groups excluding tert-OH is 1. The number of amides is 2. The van der Waals surface area contributed by atoms with Crippen molar-refractivity contribution in [1.29, 1.82) is 0 Å². The van der Waals surface area contributed by atoms with Crippen molar-refractivity contribution >= 4 is 45.2 Å². The van der Waals surface area contributed by atoms with E-state index in [1.807, 2.05) is 0 Å². The normalized spacial score (nSPS) is 11.7. The highest BCUT2D eigenvalue weighted by Gasteiger charge is 2.18. The van der Waals surface area contributed by atoms with Crippen LogP contribution in [0.15, 0.2) is 22.7 Å². The van der Waals surface area contributed by atoms with Gasteiger partial charge in [-0.1, -0.05) is 11.6 Å². The molecule has 0 bridgehead atoms. The second-order valence-electron chi connectivity index (χ2n) is 3.30. The number of urea groups is 1. The van der Waals surface area contributed by atoms with Crippen LogP contribution in [0, 0.1) is 0 Å². The third-order valence-electron chi connectivity index (χ3n) is 1.96. The number of nitrogens with one attached hydrogen (secondary N) is 2. The second-order valence-corrected chi connectivity index (χ2v) is 4.59. The van der Waals surface area contributed by atoms with Gasteiger partial charge in [-0.3, -0.25) is 0 Å². The van der Waals surface area contributed by atoms with Gasteiger partial charge in [0.1, 0.15) is 0 Å². The predicted molar refractivity (Wildman–Crippen MR) is 69.8 cm³/mol. The Kier molecular flexibility index (Phi) is 5.39. The van der Waals surface area contributed by atoms with Crippen LogP contribution in [0.2, 0.25) is 5.02 Å². The molecule has 0 aliphatic rings. The fraction of sp³-hybridized carbons (Fsp3) is 0.200. The van der Waals surface area contributed by atoms with Gasteiger partial charge in [0.25, 0.3) is 0 Å². The fourth-order valence-electron chi connectivity index (χ4n) is 1.10. The fourth-order valence-corrected chi connectivity index (χ4v) is 1.61. The van der Waals surface area contributed by atoms with E-state index in [-0.39, 0.29) is 0 Å². The Morgan fingerprint density at radius 3 is 2.67 bits per heavy atom. The summed E-state index contributed by atoms with van der Waals surface area (Å²) in [6.07, 6.45) is 0. The van der Waals surface area contributed by atoms with E-state index in [0.29, 0.717) is 15.2 Å². The summed E-state index contributed by atoms with van der Waals surface area (Å²) in [6, 6.07) is 2.66. The van der Waals surface area contributed by atoms with E-state index in [0.717, 1.165) is 0 Å². The molecule has 0 spiro atoms. The molecule has 4 N–H and O–H groups in total. The number of carboxylic acids is 1. The van der Waals surface area contributed by atoms with Crippen molar-refractivity contribution in [3.63, 3.8) is 0 Å². The minimum atomic E-state index is -1.36. The summed E-state index contributed by atoms with van der Waals surface area (Å²) in [5, 5.41) is 22.3. The lowest BCUT2D eigenvalue weighted by Gasteiger charge is -2.13. The molecule has 1 rings (SSSR count). The number of halogens is 2. The lowest BCUT2D eigenvalue weighted by atomic mass is 10.3. The Balaban J connectivity index is 2.70. The van der Waals surface area contributed by atoms with Gasteiger partial charge in [0.05, 0.1) is 12.3 Å². The molecule has 0 saturated carbocycles. The smallest absolute Gasteiger partial charge is 0.328 e. The van der Waals surface area contributed by atoms with Crippen molar-refractivity contribution in [1.82, 2.24) is 5.32 Å². The molecule has 1 aromatic rings. The second kappa shape index (κ2) is 6.58. The van der Waals surface area contributed by atoms with E-state index in [9.17, 15) is 9.59 Å². The van der Waals surface area contributed by atoms with Crippen LogP contribution >= 0.6 is 27.5 Å². The number of aliphatic hydroxyl groups is 1. The van der Waals surface area contributed by atoms with E-state index in [1.165, 1.54) is 6.07 Å². The molecule has 1 aromatic carbocycles. The molecule has 1 atom stereocenters. The molecule has 98 valence electrons. The average Bonchev–Trinajstić information content (AvgIpc) is 2.30. The molecule has 0 saturated heterocycles. The van der Waals surface area contributed by atoms with Gasteiger partial charge in [-0.2, -0.15) is 0 Å². The zero-order valence-corrected chi connectivity index (χ0v) is 11.3. The number of rotatable bonds is 4. The molecule has 6 nitrogen and oxygen atoms in total. The van der Waals surface area contributed by atoms with Gasteiger partial charge in [0.2, 0.25) is 0 Å². The lowest BCUT2D eigenvalue weighted by Crippen LogP contribution is -2.45. The first-order valence-corrected chi connectivity index (χ1v) is 5.97. The Bertz CT molecular complexity index is 469. The molecule has 2 amide bonds. The van der Waals surface area contributed by atoms with E-state index >= 15 is 0 Å². The van der Waals surface area contributed by atoms with Crippen LogP contribution in [0.3, 0.4) is 0 Å². The topological polar surface area (TPSA) is 98.7 Å². The van der Waals surface area contributed by atoms with Gasteiger partial charge in [0, 0.05) is 9.50 Å². The van der Waals surface area contributed by atoms with E-state index in [4.69, 9.17) is 21.8 Å². The van der Waals surface area contributed by atoms with Crippen LogP contribution in [0.25, 0.3) is 0 Å². The number of benzene rings is 1. The summed E-state index contributed by atoms with van der Waals surface area (Å²) >= 11 is 8.96. The van der Waals surface area contributed by atoms with Gasteiger partial charge in [-0.15, -0.1) is 0 Å². The molecule has 0 fully saturated rings. The maximum Gasteiger partial charge on any atom is 0.328 e. The molecule has 0 radical (unpaired) electrons. The Hall–Kier alpha value is -1.31. The van der Waals surface area contributed by atoms with Gasteiger partial charge in [-0.05, 0) is 34.1 Å². The highest BCUT2D eigenvalue weighted by Crippen LogP contribution is 2.25. The summed E-state index contributed by atoms with van der Waals surface area (Å²) in [6.45, 7) is -0.695. The third-order valence-corrected chi connectivity index (χ3v) is 2.89. The molecule has 0 aromatic heterocycles. The van der Waals surface area contributed by atoms with Crippen molar-refractivity contribution < 1.29 is 19.8 Å².